The van der Waals surface area contributed by atoms with Crippen molar-refractivity contribution in [3.63, 3.8) is 0 Å². The molecule has 1 aromatic carbocycles. The van der Waals surface area contributed by atoms with Crippen molar-refractivity contribution in [2.75, 3.05) is 13.7 Å². The fraction of sp³-hybridized carbons (Fsp3) is 0.500. The highest BCUT2D eigenvalue weighted by atomic mass is 35.5. The average Bonchev–Trinajstić information content (AvgIpc) is 3.17. The van der Waals surface area contributed by atoms with Gasteiger partial charge in [-0.05, 0) is 30.5 Å². The van der Waals surface area contributed by atoms with Crippen LogP contribution in [0.5, 0.6) is 0 Å². The van der Waals surface area contributed by atoms with Crippen molar-refractivity contribution in [2.24, 2.45) is 5.92 Å². The molecule has 19 heavy (non-hydrogen) atoms. The molecule has 2 atom stereocenters. The second-order valence-electron chi connectivity index (χ2n) is 4.73. The van der Waals surface area contributed by atoms with E-state index in [9.17, 15) is 4.79 Å². The Morgan fingerprint density at radius 3 is 2.89 bits per heavy atom. The zero-order valence-corrected chi connectivity index (χ0v) is 11.8. The highest BCUT2D eigenvalue weighted by molar-refractivity contribution is 6.30. The molecule has 1 fully saturated rings. The third-order valence-corrected chi connectivity index (χ3v) is 3.59. The normalized spacial score (nSPS) is 22.7. The van der Waals surface area contributed by atoms with Crippen molar-refractivity contribution >= 4 is 17.8 Å². The van der Waals surface area contributed by atoms with Gasteiger partial charge in [-0.25, -0.2) is 4.79 Å². The van der Waals surface area contributed by atoms with Gasteiger partial charge < -0.3 is 14.2 Å². The molecule has 0 spiro atoms. The monoisotopic (exact) mass is 284 g/mol. The summed E-state index contributed by atoms with van der Waals surface area (Å²) >= 11 is 5.94. The van der Waals surface area contributed by atoms with Crippen molar-refractivity contribution in [2.45, 2.75) is 25.6 Å². The second kappa shape index (κ2) is 5.80. The third-order valence-electron chi connectivity index (χ3n) is 3.36. The second-order valence-corrected chi connectivity index (χ2v) is 5.16. The molecule has 1 aliphatic rings. The Labute approximate surface area is 117 Å². The SMILES string of the molecule is COC(=O)OC1(C(C)CCc2cccc(Cl)c2)CO1. The molecule has 2 unspecified atom stereocenters. The Balaban J connectivity index is 1.87. The van der Waals surface area contributed by atoms with E-state index in [0.29, 0.717) is 6.61 Å². The molecular weight excluding hydrogens is 268 g/mol. The predicted octanol–water partition coefficient (Wildman–Crippen LogP) is 3.42. The Bertz CT molecular complexity index is 457. The van der Waals surface area contributed by atoms with E-state index in [1.165, 1.54) is 7.11 Å². The molecule has 1 saturated heterocycles. The number of methoxy groups -OCH3 is 1. The zero-order chi connectivity index (χ0) is 13.9. The summed E-state index contributed by atoms with van der Waals surface area (Å²) in [7, 11) is 1.29. The molecule has 0 saturated carbocycles. The topological polar surface area (TPSA) is 48.1 Å². The summed E-state index contributed by atoms with van der Waals surface area (Å²) in [6.07, 6.45) is 1.00. The first-order chi connectivity index (χ1) is 9.05. The molecule has 1 heterocycles. The van der Waals surface area contributed by atoms with Gasteiger partial charge in [0.1, 0.15) is 6.61 Å². The Hall–Kier alpha value is -1.26. The van der Waals surface area contributed by atoms with Crippen molar-refractivity contribution in [1.82, 2.24) is 0 Å². The van der Waals surface area contributed by atoms with Gasteiger partial charge in [-0.15, -0.1) is 0 Å². The molecule has 1 aliphatic heterocycles. The van der Waals surface area contributed by atoms with Crippen LogP contribution in [-0.4, -0.2) is 25.7 Å². The number of halogens is 1. The first kappa shape index (κ1) is 14.2. The summed E-state index contributed by atoms with van der Waals surface area (Å²) in [4.78, 5) is 11.1. The molecule has 5 heteroatoms. The van der Waals surface area contributed by atoms with Crippen LogP contribution in [0.1, 0.15) is 18.9 Å². The number of carbonyl (C=O) groups is 1. The van der Waals surface area contributed by atoms with Gasteiger partial charge in [0.2, 0.25) is 5.79 Å². The van der Waals surface area contributed by atoms with Crippen molar-refractivity contribution in [3.05, 3.63) is 34.9 Å². The van der Waals surface area contributed by atoms with Crippen LogP contribution >= 0.6 is 11.6 Å². The number of ether oxygens (including phenoxy) is 3. The van der Waals surface area contributed by atoms with E-state index in [4.69, 9.17) is 21.1 Å². The van der Waals surface area contributed by atoms with Gasteiger partial charge in [0.15, 0.2) is 0 Å². The van der Waals surface area contributed by atoms with Gasteiger partial charge in [0.05, 0.1) is 7.11 Å². The Morgan fingerprint density at radius 2 is 2.32 bits per heavy atom. The molecule has 0 bridgehead atoms. The van der Waals surface area contributed by atoms with Gasteiger partial charge in [0.25, 0.3) is 0 Å². The van der Waals surface area contributed by atoms with E-state index in [-0.39, 0.29) is 5.92 Å². The van der Waals surface area contributed by atoms with E-state index < -0.39 is 11.9 Å². The summed E-state index contributed by atoms with van der Waals surface area (Å²) in [5.41, 5.74) is 1.16. The molecule has 4 nitrogen and oxygen atoms in total. The summed E-state index contributed by atoms with van der Waals surface area (Å²) in [5.74, 6) is -0.698. The molecule has 0 amide bonds. The quantitative estimate of drug-likeness (QED) is 0.614. The lowest BCUT2D eigenvalue weighted by Gasteiger charge is -2.19. The van der Waals surface area contributed by atoms with Crippen molar-refractivity contribution in [3.8, 4) is 0 Å². The average molecular weight is 285 g/mol. The van der Waals surface area contributed by atoms with Crippen molar-refractivity contribution < 1.29 is 19.0 Å². The largest absolute Gasteiger partial charge is 0.510 e. The summed E-state index contributed by atoms with van der Waals surface area (Å²) in [6.45, 7) is 2.43. The molecule has 1 aromatic rings. The standard InChI is InChI=1S/C14H17ClO4/c1-10(14(9-18-14)19-13(16)17-2)6-7-11-4-3-5-12(15)8-11/h3-5,8,10H,6-7,9H2,1-2H3. The molecule has 0 N–H and O–H groups in total. The predicted molar refractivity (Wildman–Crippen MR) is 71.1 cm³/mol. The van der Waals surface area contributed by atoms with Gasteiger partial charge in [0, 0.05) is 10.9 Å². The van der Waals surface area contributed by atoms with Crippen LogP contribution < -0.4 is 0 Å². The van der Waals surface area contributed by atoms with Crippen molar-refractivity contribution in [1.29, 1.82) is 0 Å². The van der Waals surface area contributed by atoms with Crippen LogP contribution in [-0.2, 0) is 20.6 Å². The van der Waals surface area contributed by atoms with Crippen LogP contribution in [0.4, 0.5) is 4.79 Å². The lowest BCUT2D eigenvalue weighted by Crippen LogP contribution is -2.29. The van der Waals surface area contributed by atoms with Gasteiger partial charge >= 0.3 is 6.16 Å². The first-order valence-corrected chi connectivity index (χ1v) is 6.59. The third kappa shape index (κ3) is 3.61. The molecule has 0 aromatic heterocycles. The summed E-state index contributed by atoms with van der Waals surface area (Å²) in [6, 6.07) is 7.74. The molecule has 0 aliphatic carbocycles. The minimum atomic E-state index is -0.800. The lowest BCUT2D eigenvalue weighted by atomic mass is 9.96. The zero-order valence-electron chi connectivity index (χ0n) is 11.0. The number of hydrogen-bond donors (Lipinski definition) is 0. The highest BCUT2D eigenvalue weighted by Crippen LogP contribution is 2.39. The van der Waals surface area contributed by atoms with E-state index >= 15 is 0 Å². The van der Waals surface area contributed by atoms with E-state index in [1.807, 2.05) is 31.2 Å². The number of aryl methyl sites for hydroxylation is 1. The number of benzene rings is 1. The minimum absolute atomic E-state index is 0.102. The van der Waals surface area contributed by atoms with E-state index in [2.05, 4.69) is 4.74 Å². The van der Waals surface area contributed by atoms with Crippen LogP contribution in [0.25, 0.3) is 0 Å². The molecule has 2 rings (SSSR count). The minimum Gasteiger partial charge on any atom is -0.438 e. The number of rotatable bonds is 5. The summed E-state index contributed by atoms with van der Waals surface area (Å²) in [5, 5.41) is 0.730. The van der Waals surface area contributed by atoms with Gasteiger partial charge in [-0.2, -0.15) is 0 Å². The van der Waals surface area contributed by atoms with Crippen LogP contribution in [0.2, 0.25) is 5.02 Å². The first-order valence-electron chi connectivity index (χ1n) is 6.21. The maximum atomic E-state index is 11.1. The highest BCUT2D eigenvalue weighted by Gasteiger charge is 2.54. The van der Waals surface area contributed by atoms with Crippen LogP contribution in [0, 0.1) is 5.92 Å². The summed E-state index contributed by atoms with van der Waals surface area (Å²) < 4.78 is 15.0. The van der Waals surface area contributed by atoms with Crippen LogP contribution in [0.3, 0.4) is 0 Å². The van der Waals surface area contributed by atoms with E-state index in [0.717, 1.165) is 23.4 Å². The maximum Gasteiger partial charge on any atom is 0.510 e. The smallest absolute Gasteiger partial charge is 0.438 e. The van der Waals surface area contributed by atoms with Crippen LogP contribution in [0.15, 0.2) is 24.3 Å². The number of carbonyl (C=O) groups excluding carboxylic acids is 1. The van der Waals surface area contributed by atoms with E-state index in [1.54, 1.807) is 0 Å². The Kier molecular flexibility index (Phi) is 4.32. The van der Waals surface area contributed by atoms with Gasteiger partial charge in [-0.1, -0.05) is 30.7 Å². The fourth-order valence-corrected chi connectivity index (χ4v) is 2.21. The molecule has 0 radical (unpaired) electrons. The number of epoxide rings is 1. The number of hydrogen-bond acceptors (Lipinski definition) is 4. The van der Waals surface area contributed by atoms with Gasteiger partial charge in [-0.3, -0.25) is 0 Å². The molecule has 104 valence electrons. The molecular formula is C14H17ClO4. The maximum absolute atomic E-state index is 11.1. The lowest BCUT2D eigenvalue weighted by molar-refractivity contribution is -0.0581. The fourth-order valence-electron chi connectivity index (χ4n) is 1.99. The Morgan fingerprint density at radius 1 is 1.58 bits per heavy atom.